The number of carbonyl (C=O) groups excluding carboxylic acids is 1. The summed E-state index contributed by atoms with van der Waals surface area (Å²) >= 11 is 0. The lowest BCUT2D eigenvalue weighted by Gasteiger charge is -2.14. The van der Waals surface area contributed by atoms with Gasteiger partial charge in [-0.1, -0.05) is 24.3 Å². The summed E-state index contributed by atoms with van der Waals surface area (Å²) in [7, 11) is 0. The quantitative estimate of drug-likeness (QED) is 0.757. The molecular formula is C14H17NO3. The zero-order chi connectivity index (χ0) is 13.5. The van der Waals surface area contributed by atoms with Gasteiger partial charge >= 0.3 is 5.97 Å². The summed E-state index contributed by atoms with van der Waals surface area (Å²) in [5.41, 5.74) is 1.32. The molecule has 0 bridgehead atoms. The van der Waals surface area contributed by atoms with E-state index in [4.69, 9.17) is 5.11 Å². The van der Waals surface area contributed by atoms with Crippen LogP contribution in [0.25, 0.3) is 0 Å². The maximum Gasteiger partial charge on any atom is 0.326 e. The van der Waals surface area contributed by atoms with Crippen LogP contribution < -0.4 is 5.32 Å². The highest BCUT2D eigenvalue weighted by atomic mass is 16.4. The van der Waals surface area contributed by atoms with E-state index < -0.39 is 12.0 Å². The Morgan fingerprint density at radius 3 is 2.67 bits per heavy atom. The molecular weight excluding hydrogens is 230 g/mol. The Balaban J connectivity index is 2.75. The second-order valence-corrected chi connectivity index (χ2v) is 4.05. The van der Waals surface area contributed by atoms with E-state index in [0.29, 0.717) is 18.4 Å². The van der Waals surface area contributed by atoms with Crippen molar-refractivity contribution in [3.63, 3.8) is 0 Å². The molecule has 0 heterocycles. The minimum Gasteiger partial charge on any atom is -0.480 e. The van der Waals surface area contributed by atoms with E-state index in [9.17, 15) is 9.59 Å². The number of hydrogen-bond donors (Lipinski definition) is 2. The Labute approximate surface area is 106 Å². The number of rotatable bonds is 6. The number of carboxylic acids is 1. The van der Waals surface area contributed by atoms with Crippen molar-refractivity contribution in [2.75, 3.05) is 0 Å². The summed E-state index contributed by atoms with van der Waals surface area (Å²) in [6.45, 7) is 5.35. The first-order valence-electron chi connectivity index (χ1n) is 5.76. The predicted molar refractivity (Wildman–Crippen MR) is 69.5 cm³/mol. The van der Waals surface area contributed by atoms with E-state index in [0.717, 1.165) is 5.56 Å². The monoisotopic (exact) mass is 247 g/mol. The van der Waals surface area contributed by atoms with Crippen LogP contribution >= 0.6 is 0 Å². The molecule has 18 heavy (non-hydrogen) atoms. The SMILES string of the molecule is C=CCCC(NC(=O)c1ccccc1C)C(=O)O. The lowest BCUT2D eigenvalue weighted by atomic mass is 10.1. The van der Waals surface area contributed by atoms with Gasteiger partial charge in [0, 0.05) is 5.56 Å². The molecule has 0 radical (unpaired) electrons. The molecule has 0 aliphatic rings. The Morgan fingerprint density at radius 1 is 1.44 bits per heavy atom. The van der Waals surface area contributed by atoms with Crippen molar-refractivity contribution in [3.8, 4) is 0 Å². The van der Waals surface area contributed by atoms with Crippen LogP contribution in [0.5, 0.6) is 0 Å². The Hall–Kier alpha value is -2.10. The lowest BCUT2D eigenvalue weighted by molar-refractivity contribution is -0.139. The van der Waals surface area contributed by atoms with Crippen molar-refractivity contribution in [3.05, 3.63) is 48.0 Å². The second-order valence-electron chi connectivity index (χ2n) is 4.05. The molecule has 0 saturated carbocycles. The fraction of sp³-hybridized carbons (Fsp3) is 0.286. The first-order chi connectivity index (χ1) is 8.56. The van der Waals surface area contributed by atoms with Crippen LogP contribution in [0.15, 0.2) is 36.9 Å². The van der Waals surface area contributed by atoms with E-state index in [-0.39, 0.29) is 5.91 Å². The Kier molecular flexibility index (Phi) is 5.11. The average Bonchev–Trinajstić information content (AvgIpc) is 2.34. The third-order valence-corrected chi connectivity index (χ3v) is 2.65. The van der Waals surface area contributed by atoms with Crippen LogP contribution in [0.4, 0.5) is 0 Å². The van der Waals surface area contributed by atoms with Gasteiger partial charge in [-0.15, -0.1) is 6.58 Å². The first-order valence-corrected chi connectivity index (χ1v) is 5.76. The minimum atomic E-state index is -1.03. The van der Waals surface area contributed by atoms with Crippen LogP contribution in [-0.2, 0) is 4.79 Å². The lowest BCUT2D eigenvalue weighted by Crippen LogP contribution is -2.40. The maximum absolute atomic E-state index is 11.9. The van der Waals surface area contributed by atoms with Crippen LogP contribution in [0.2, 0.25) is 0 Å². The number of benzene rings is 1. The summed E-state index contributed by atoms with van der Waals surface area (Å²) in [6.07, 6.45) is 2.53. The van der Waals surface area contributed by atoms with E-state index >= 15 is 0 Å². The smallest absolute Gasteiger partial charge is 0.326 e. The molecule has 1 aromatic rings. The van der Waals surface area contributed by atoms with Gasteiger partial charge < -0.3 is 10.4 Å². The second kappa shape index (κ2) is 6.59. The molecule has 0 fully saturated rings. The van der Waals surface area contributed by atoms with Gasteiger partial charge in [0.1, 0.15) is 6.04 Å². The number of carbonyl (C=O) groups is 2. The molecule has 1 amide bonds. The zero-order valence-corrected chi connectivity index (χ0v) is 10.3. The van der Waals surface area contributed by atoms with E-state index in [1.165, 1.54) is 0 Å². The minimum absolute atomic E-state index is 0.344. The highest BCUT2D eigenvalue weighted by Crippen LogP contribution is 2.08. The molecule has 1 rings (SSSR count). The van der Waals surface area contributed by atoms with Gasteiger partial charge in [0.25, 0.3) is 5.91 Å². The normalized spacial score (nSPS) is 11.6. The highest BCUT2D eigenvalue weighted by Gasteiger charge is 2.20. The van der Waals surface area contributed by atoms with Gasteiger partial charge in [-0.3, -0.25) is 4.79 Å². The topological polar surface area (TPSA) is 66.4 Å². The molecule has 4 nitrogen and oxygen atoms in total. The van der Waals surface area contributed by atoms with E-state index in [1.54, 1.807) is 18.2 Å². The molecule has 0 aliphatic carbocycles. The average molecular weight is 247 g/mol. The highest BCUT2D eigenvalue weighted by molar-refractivity contribution is 5.97. The summed E-state index contributed by atoms with van der Waals surface area (Å²) < 4.78 is 0. The van der Waals surface area contributed by atoms with Gasteiger partial charge in [0.2, 0.25) is 0 Å². The fourth-order valence-electron chi connectivity index (χ4n) is 1.61. The first kappa shape index (κ1) is 14.0. The Bertz CT molecular complexity index is 454. The van der Waals surface area contributed by atoms with Crippen LogP contribution in [-0.4, -0.2) is 23.0 Å². The van der Waals surface area contributed by atoms with Gasteiger partial charge in [0.05, 0.1) is 0 Å². The van der Waals surface area contributed by atoms with E-state index in [2.05, 4.69) is 11.9 Å². The summed E-state index contributed by atoms with van der Waals surface area (Å²) in [6, 6.07) is 6.20. The third-order valence-electron chi connectivity index (χ3n) is 2.65. The molecule has 1 aromatic carbocycles. The van der Waals surface area contributed by atoms with Gasteiger partial charge in [0.15, 0.2) is 0 Å². The number of amides is 1. The maximum atomic E-state index is 11.9. The van der Waals surface area contributed by atoms with Crippen molar-refractivity contribution in [1.82, 2.24) is 5.32 Å². The molecule has 0 aromatic heterocycles. The van der Waals surface area contributed by atoms with Crippen LogP contribution in [0.3, 0.4) is 0 Å². The predicted octanol–water partition coefficient (Wildman–Crippen LogP) is 2.14. The van der Waals surface area contributed by atoms with Crippen LogP contribution in [0.1, 0.15) is 28.8 Å². The fourth-order valence-corrected chi connectivity index (χ4v) is 1.61. The summed E-state index contributed by atoms with van der Waals surface area (Å²) in [4.78, 5) is 23.0. The standard InChI is InChI=1S/C14H17NO3/c1-3-4-9-12(14(17)18)15-13(16)11-8-6-5-7-10(11)2/h3,5-8,12H,1,4,9H2,2H3,(H,15,16)(H,17,18). The van der Waals surface area contributed by atoms with Crippen molar-refractivity contribution in [2.45, 2.75) is 25.8 Å². The molecule has 0 spiro atoms. The number of aryl methyl sites for hydroxylation is 1. The number of allylic oxidation sites excluding steroid dienone is 1. The molecule has 0 saturated heterocycles. The molecule has 1 unspecified atom stereocenters. The van der Waals surface area contributed by atoms with Crippen molar-refractivity contribution in [1.29, 1.82) is 0 Å². The molecule has 4 heteroatoms. The summed E-state index contributed by atoms with van der Waals surface area (Å²) in [5.74, 6) is -1.39. The number of aliphatic carboxylic acids is 1. The number of hydrogen-bond acceptors (Lipinski definition) is 2. The molecule has 0 aliphatic heterocycles. The largest absolute Gasteiger partial charge is 0.480 e. The van der Waals surface area contributed by atoms with Gasteiger partial charge in [-0.05, 0) is 31.4 Å². The van der Waals surface area contributed by atoms with E-state index in [1.807, 2.05) is 19.1 Å². The number of nitrogens with one attached hydrogen (secondary N) is 1. The zero-order valence-electron chi connectivity index (χ0n) is 10.3. The van der Waals surface area contributed by atoms with Crippen molar-refractivity contribution < 1.29 is 14.7 Å². The van der Waals surface area contributed by atoms with Gasteiger partial charge in [-0.25, -0.2) is 4.79 Å². The number of carboxylic acid groups (broad SMARTS) is 1. The molecule has 2 N–H and O–H groups in total. The Morgan fingerprint density at radius 2 is 2.11 bits per heavy atom. The summed E-state index contributed by atoms with van der Waals surface area (Å²) in [5, 5.41) is 11.5. The third kappa shape index (κ3) is 3.73. The van der Waals surface area contributed by atoms with Crippen LogP contribution in [0, 0.1) is 6.92 Å². The van der Waals surface area contributed by atoms with Gasteiger partial charge in [-0.2, -0.15) is 0 Å². The molecule has 1 atom stereocenters. The van der Waals surface area contributed by atoms with Crippen molar-refractivity contribution >= 4 is 11.9 Å². The van der Waals surface area contributed by atoms with Crippen molar-refractivity contribution in [2.24, 2.45) is 0 Å². The molecule has 96 valence electrons.